The third-order valence-electron chi connectivity index (χ3n) is 6.25. The number of nitrogens with one attached hydrogen (secondary N) is 2. The number of rotatable bonds is 5. The summed E-state index contributed by atoms with van der Waals surface area (Å²) >= 11 is 5.37. The number of aryl methyl sites for hydroxylation is 1. The molecule has 38 heavy (non-hydrogen) atoms. The Bertz CT molecular complexity index is 1550. The predicted octanol–water partition coefficient (Wildman–Crippen LogP) is 6.37. The van der Waals surface area contributed by atoms with Crippen LogP contribution in [0.2, 0.25) is 0 Å². The highest BCUT2D eigenvalue weighted by molar-refractivity contribution is 7.80. The molecule has 0 saturated carbocycles. The molecule has 3 aromatic carbocycles. The normalized spacial score (nSPS) is 13.3. The molecule has 0 atom stereocenters. The lowest BCUT2D eigenvalue weighted by Gasteiger charge is -2.14. The second kappa shape index (κ2) is 11.1. The number of carbonyl (C=O) groups is 1. The largest absolute Gasteiger partial charge is 0.453 e. The number of para-hydroxylation sites is 1. The number of furan rings is 1. The Hall–Kier alpha value is -4.74. The molecule has 0 fully saturated rings. The van der Waals surface area contributed by atoms with E-state index in [0.717, 1.165) is 46.7 Å². The predicted molar refractivity (Wildman–Crippen MR) is 150 cm³/mol. The molecule has 1 heterocycles. The van der Waals surface area contributed by atoms with Crippen LogP contribution in [0.15, 0.2) is 88.4 Å². The molecular weight excluding hydrogens is 496 g/mol. The summed E-state index contributed by atoms with van der Waals surface area (Å²) in [6.07, 6.45) is 2.30. The number of anilines is 1. The topological polar surface area (TPSA) is 99.7 Å². The van der Waals surface area contributed by atoms with E-state index in [9.17, 15) is 4.79 Å². The van der Waals surface area contributed by atoms with Crippen LogP contribution in [0.4, 0.5) is 5.69 Å². The average molecular weight is 521 g/mol. The first-order chi connectivity index (χ1) is 18.5. The lowest BCUT2D eigenvalue weighted by Crippen LogP contribution is -2.26. The SMILES string of the molecule is Cc1c(C(=O)Oc2ccc(-c3ccc(C#N)cc3)cc2)oc2c1/C(=N/NC(=S)Nc1ccccc1)CCC2. The Balaban J connectivity index is 1.28. The van der Waals surface area contributed by atoms with Gasteiger partial charge in [0.05, 0.1) is 17.3 Å². The van der Waals surface area contributed by atoms with Crippen LogP contribution in [0.3, 0.4) is 0 Å². The number of benzene rings is 3. The molecule has 0 aliphatic heterocycles. The van der Waals surface area contributed by atoms with Crippen LogP contribution in [0, 0.1) is 18.3 Å². The van der Waals surface area contributed by atoms with Crippen molar-refractivity contribution in [2.24, 2.45) is 5.10 Å². The second-order valence-corrected chi connectivity index (χ2v) is 9.21. The van der Waals surface area contributed by atoms with Gasteiger partial charge in [0, 0.05) is 23.2 Å². The average Bonchev–Trinajstić information content (AvgIpc) is 3.30. The van der Waals surface area contributed by atoms with E-state index in [2.05, 4.69) is 21.9 Å². The monoisotopic (exact) mass is 520 g/mol. The van der Waals surface area contributed by atoms with E-state index in [1.807, 2.05) is 61.5 Å². The van der Waals surface area contributed by atoms with Crippen LogP contribution in [0.25, 0.3) is 11.1 Å². The Morgan fingerprint density at radius 2 is 1.68 bits per heavy atom. The molecule has 5 rings (SSSR count). The van der Waals surface area contributed by atoms with E-state index < -0.39 is 5.97 Å². The molecule has 188 valence electrons. The molecule has 7 nitrogen and oxygen atoms in total. The highest BCUT2D eigenvalue weighted by Crippen LogP contribution is 2.31. The zero-order valence-electron chi connectivity index (χ0n) is 20.7. The lowest BCUT2D eigenvalue weighted by molar-refractivity contribution is 0.0698. The first-order valence-electron chi connectivity index (χ1n) is 12.2. The van der Waals surface area contributed by atoms with Gasteiger partial charge in [0.2, 0.25) is 5.76 Å². The van der Waals surface area contributed by atoms with E-state index in [-0.39, 0.29) is 5.76 Å². The van der Waals surface area contributed by atoms with Gasteiger partial charge >= 0.3 is 5.97 Å². The van der Waals surface area contributed by atoms with Gasteiger partial charge in [-0.1, -0.05) is 42.5 Å². The molecule has 0 radical (unpaired) electrons. The van der Waals surface area contributed by atoms with E-state index >= 15 is 0 Å². The molecule has 1 aromatic heterocycles. The summed E-state index contributed by atoms with van der Waals surface area (Å²) in [6, 6.07) is 26.2. The molecule has 0 amide bonds. The molecule has 8 heteroatoms. The number of thiocarbonyl (C=S) groups is 1. The first kappa shape index (κ1) is 24.9. The molecule has 0 unspecified atom stereocenters. The number of hydrogen-bond acceptors (Lipinski definition) is 6. The van der Waals surface area contributed by atoms with Crippen molar-refractivity contribution in [1.29, 1.82) is 5.26 Å². The molecule has 0 bridgehead atoms. The van der Waals surface area contributed by atoms with Gasteiger partial charge in [0.15, 0.2) is 5.11 Å². The summed E-state index contributed by atoms with van der Waals surface area (Å²) in [6.45, 7) is 1.84. The smallest absolute Gasteiger partial charge is 0.379 e. The number of nitrogens with zero attached hydrogens (tertiary/aromatic N) is 2. The summed E-state index contributed by atoms with van der Waals surface area (Å²) in [5, 5.41) is 17.0. The molecule has 4 aromatic rings. The quantitative estimate of drug-likeness (QED) is 0.136. The van der Waals surface area contributed by atoms with E-state index in [0.29, 0.717) is 28.4 Å². The molecule has 2 N–H and O–H groups in total. The standard InChI is InChI=1S/C30H24N4O3S/c1-19-27-25(33-34-30(38)32-23-6-3-2-4-7-23)8-5-9-26(27)37-28(19)29(35)36-24-16-14-22(15-17-24)21-12-10-20(18-31)11-13-21/h2-4,6-7,10-17H,5,8-9H2,1H3,(H2,32,34,38)/b33-25+. The van der Waals surface area contributed by atoms with Crippen molar-refractivity contribution < 1.29 is 13.9 Å². The Morgan fingerprint density at radius 1 is 1.00 bits per heavy atom. The van der Waals surface area contributed by atoms with Gasteiger partial charge in [-0.25, -0.2) is 4.79 Å². The molecular formula is C30H24N4O3S. The van der Waals surface area contributed by atoms with Crippen LogP contribution >= 0.6 is 12.2 Å². The van der Waals surface area contributed by atoms with E-state index in [1.165, 1.54) is 0 Å². The van der Waals surface area contributed by atoms with Crippen molar-refractivity contribution >= 4 is 34.7 Å². The summed E-state index contributed by atoms with van der Waals surface area (Å²) in [5.74, 6) is 0.746. The maximum atomic E-state index is 13.0. The van der Waals surface area contributed by atoms with Crippen LogP contribution in [-0.2, 0) is 6.42 Å². The highest BCUT2D eigenvalue weighted by Gasteiger charge is 2.29. The first-order valence-corrected chi connectivity index (χ1v) is 12.6. The third-order valence-corrected chi connectivity index (χ3v) is 6.44. The van der Waals surface area contributed by atoms with Gasteiger partial charge < -0.3 is 14.5 Å². The van der Waals surface area contributed by atoms with Crippen LogP contribution in [-0.4, -0.2) is 16.8 Å². The zero-order valence-corrected chi connectivity index (χ0v) is 21.5. The van der Waals surface area contributed by atoms with E-state index in [1.54, 1.807) is 24.3 Å². The number of carbonyl (C=O) groups excluding carboxylic acids is 1. The van der Waals surface area contributed by atoms with Crippen molar-refractivity contribution in [2.45, 2.75) is 26.2 Å². The van der Waals surface area contributed by atoms with Crippen molar-refractivity contribution in [1.82, 2.24) is 5.43 Å². The third kappa shape index (κ3) is 5.48. The number of hydrogen-bond donors (Lipinski definition) is 2. The second-order valence-electron chi connectivity index (χ2n) is 8.80. The molecule has 1 aliphatic rings. The number of fused-ring (bicyclic) bond motifs is 1. The van der Waals surface area contributed by atoms with Crippen molar-refractivity contribution in [3.63, 3.8) is 0 Å². The van der Waals surface area contributed by atoms with Gasteiger partial charge in [0.25, 0.3) is 0 Å². The Labute approximate surface area is 225 Å². The highest BCUT2D eigenvalue weighted by atomic mass is 32.1. The fourth-order valence-corrected chi connectivity index (χ4v) is 4.54. The summed E-state index contributed by atoms with van der Waals surface area (Å²) in [5.41, 5.74) is 8.61. The fraction of sp³-hybridized carbons (Fsp3) is 0.133. The van der Waals surface area contributed by atoms with Gasteiger partial charge in [-0.3, -0.25) is 5.43 Å². The minimum atomic E-state index is -0.559. The maximum Gasteiger partial charge on any atom is 0.379 e. The van der Waals surface area contributed by atoms with Gasteiger partial charge in [-0.2, -0.15) is 10.4 Å². The number of hydrazone groups is 1. The minimum Gasteiger partial charge on any atom is -0.453 e. The van der Waals surface area contributed by atoms with Crippen molar-refractivity contribution in [3.8, 4) is 22.9 Å². The number of nitriles is 1. The molecule has 0 spiro atoms. The van der Waals surface area contributed by atoms with Gasteiger partial charge in [-0.05, 0) is 79.5 Å². The molecule has 1 aliphatic carbocycles. The van der Waals surface area contributed by atoms with Gasteiger partial charge in [0.1, 0.15) is 11.5 Å². The maximum absolute atomic E-state index is 13.0. The van der Waals surface area contributed by atoms with Crippen molar-refractivity contribution in [3.05, 3.63) is 107 Å². The van der Waals surface area contributed by atoms with Crippen molar-refractivity contribution in [2.75, 3.05) is 5.32 Å². The minimum absolute atomic E-state index is 0.172. The van der Waals surface area contributed by atoms with E-state index in [4.69, 9.17) is 26.6 Å². The number of esters is 1. The summed E-state index contributed by atoms with van der Waals surface area (Å²) in [7, 11) is 0. The lowest BCUT2D eigenvalue weighted by atomic mass is 9.93. The fourth-order valence-electron chi connectivity index (χ4n) is 4.38. The van der Waals surface area contributed by atoms with Crippen LogP contribution < -0.4 is 15.5 Å². The van der Waals surface area contributed by atoms with Crippen LogP contribution in [0.5, 0.6) is 5.75 Å². The van der Waals surface area contributed by atoms with Gasteiger partial charge in [-0.15, -0.1) is 0 Å². The zero-order chi connectivity index (χ0) is 26.5. The summed E-state index contributed by atoms with van der Waals surface area (Å²) in [4.78, 5) is 13.0. The molecule has 0 saturated heterocycles. The summed E-state index contributed by atoms with van der Waals surface area (Å²) < 4.78 is 11.6. The Morgan fingerprint density at radius 3 is 2.37 bits per heavy atom. The van der Waals surface area contributed by atoms with Crippen LogP contribution in [0.1, 0.15) is 45.8 Å². The number of ether oxygens (including phenoxy) is 1. The Kier molecular flexibility index (Phi) is 7.29.